The lowest BCUT2D eigenvalue weighted by atomic mass is 9.93. The quantitative estimate of drug-likeness (QED) is 0.503. The summed E-state index contributed by atoms with van der Waals surface area (Å²) >= 11 is 6.25. The Labute approximate surface area is 176 Å². The number of ketones is 1. The number of hydrogen-bond donors (Lipinski definition) is 1. The van der Waals surface area contributed by atoms with Gasteiger partial charge in [-0.05, 0) is 12.1 Å². The third-order valence-electron chi connectivity index (χ3n) is 5.70. The van der Waals surface area contributed by atoms with Crippen LogP contribution in [-0.2, 0) is 4.79 Å². The van der Waals surface area contributed by atoms with Crippen molar-refractivity contribution in [1.29, 1.82) is 0 Å². The van der Waals surface area contributed by atoms with E-state index in [0.717, 1.165) is 0 Å². The van der Waals surface area contributed by atoms with E-state index in [4.69, 9.17) is 16.3 Å². The number of halogens is 1. The van der Waals surface area contributed by atoms with Crippen LogP contribution < -0.4 is 4.74 Å². The van der Waals surface area contributed by atoms with Crippen LogP contribution in [0.3, 0.4) is 0 Å². The second-order valence-corrected chi connectivity index (χ2v) is 7.60. The topological polar surface area (TPSA) is 95.6 Å². The number of H-pyrrole nitrogens is 1. The number of aromatic amines is 1. The normalized spacial score (nSPS) is 18.4. The van der Waals surface area contributed by atoms with Crippen molar-refractivity contribution >= 4 is 40.1 Å². The number of nitrogens with one attached hydrogen (secondary N) is 1. The van der Waals surface area contributed by atoms with Crippen molar-refractivity contribution in [1.82, 2.24) is 19.8 Å². The van der Waals surface area contributed by atoms with Crippen LogP contribution in [0.15, 0.2) is 36.5 Å². The van der Waals surface area contributed by atoms with E-state index in [1.54, 1.807) is 17.0 Å². The zero-order chi connectivity index (χ0) is 21.0. The summed E-state index contributed by atoms with van der Waals surface area (Å²) in [6.07, 6.45) is 1.43. The first-order valence-electron chi connectivity index (χ1n) is 9.45. The van der Waals surface area contributed by atoms with Gasteiger partial charge < -0.3 is 19.5 Å². The van der Waals surface area contributed by atoms with Crippen LogP contribution in [0, 0.1) is 0 Å². The second kappa shape index (κ2) is 6.84. The molecule has 1 aromatic carbocycles. The summed E-state index contributed by atoms with van der Waals surface area (Å²) in [5.74, 6) is -0.963. The van der Waals surface area contributed by atoms with Gasteiger partial charge >= 0.3 is 0 Å². The van der Waals surface area contributed by atoms with E-state index in [9.17, 15) is 14.4 Å². The molecule has 5 rings (SSSR count). The maximum atomic E-state index is 13.0. The number of nitrogens with zero attached hydrogens (tertiary/aromatic N) is 3. The third-order valence-corrected chi connectivity index (χ3v) is 5.99. The van der Waals surface area contributed by atoms with Gasteiger partial charge in [-0.1, -0.05) is 29.8 Å². The van der Waals surface area contributed by atoms with E-state index in [1.807, 2.05) is 18.2 Å². The number of carbonyl (C=O) groups excluding carboxylic acids is 3. The minimum absolute atomic E-state index is 0.116. The Hall–Kier alpha value is -3.39. The Balaban J connectivity index is 1.61. The standard InChI is InChI=1S/C21H17ClN4O4/c1-30-13-9-23-19(22)17-14(13)15-16(24-17)12-10-25(7-8-26(12)21(29)18(15)27)20(28)11-5-3-2-4-6-11/h2-6,9,12,24H,7-8,10H2,1H3/t12-/m0/s1. The molecule has 30 heavy (non-hydrogen) atoms. The zero-order valence-electron chi connectivity index (χ0n) is 16.0. The average molecular weight is 425 g/mol. The van der Waals surface area contributed by atoms with Crippen molar-refractivity contribution in [2.75, 3.05) is 26.7 Å². The van der Waals surface area contributed by atoms with E-state index >= 15 is 0 Å². The Morgan fingerprint density at radius 2 is 2.00 bits per heavy atom. The van der Waals surface area contributed by atoms with E-state index in [-0.39, 0.29) is 29.7 Å². The van der Waals surface area contributed by atoms with Gasteiger partial charge in [0.2, 0.25) is 0 Å². The maximum absolute atomic E-state index is 13.0. The molecule has 1 saturated heterocycles. The first-order valence-corrected chi connectivity index (χ1v) is 9.82. The maximum Gasteiger partial charge on any atom is 0.295 e. The number of benzene rings is 1. The molecule has 0 spiro atoms. The molecule has 8 nitrogen and oxygen atoms in total. The molecule has 1 N–H and O–H groups in total. The SMILES string of the molecule is COc1cnc(Cl)c2[nH]c3c(c12)C(=O)C(=O)N1CCN(C(=O)c2ccccc2)C[C@@H]31. The number of pyridine rings is 1. The van der Waals surface area contributed by atoms with Gasteiger partial charge in [-0.3, -0.25) is 14.4 Å². The lowest BCUT2D eigenvalue weighted by Gasteiger charge is -2.43. The Morgan fingerprint density at radius 3 is 2.73 bits per heavy atom. The Kier molecular flexibility index (Phi) is 4.25. The van der Waals surface area contributed by atoms with Gasteiger partial charge in [-0.15, -0.1) is 0 Å². The fourth-order valence-corrected chi connectivity index (χ4v) is 4.45. The van der Waals surface area contributed by atoms with E-state index in [0.29, 0.717) is 34.5 Å². The number of ether oxygens (including phenoxy) is 1. The summed E-state index contributed by atoms with van der Waals surface area (Å²) in [6, 6.07) is 8.50. The van der Waals surface area contributed by atoms with Crippen LogP contribution in [0.2, 0.25) is 5.15 Å². The summed E-state index contributed by atoms with van der Waals surface area (Å²) in [5, 5.41) is 0.622. The number of aromatic nitrogens is 2. The van der Waals surface area contributed by atoms with Crippen molar-refractivity contribution in [2.45, 2.75) is 6.04 Å². The highest BCUT2D eigenvalue weighted by Crippen LogP contribution is 2.41. The number of amides is 2. The van der Waals surface area contributed by atoms with Crippen LogP contribution in [0.1, 0.15) is 32.5 Å². The molecular weight excluding hydrogens is 408 g/mol. The lowest BCUT2D eigenvalue weighted by molar-refractivity contribution is -0.131. The number of hydrogen-bond acceptors (Lipinski definition) is 5. The van der Waals surface area contributed by atoms with Gasteiger partial charge in [-0.25, -0.2) is 4.98 Å². The molecule has 1 atom stereocenters. The first-order chi connectivity index (χ1) is 14.5. The van der Waals surface area contributed by atoms with Crippen molar-refractivity contribution in [3.63, 3.8) is 0 Å². The van der Waals surface area contributed by atoms with Gasteiger partial charge in [-0.2, -0.15) is 0 Å². The van der Waals surface area contributed by atoms with Crippen molar-refractivity contribution < 1.29 is 19.1 Å². The van der Waals surface area contributed by atoms with Crippen LogP contribution in [0.4, 0.5) is 0 Å². The summed E-state index contributed by atoms with van der Waals surface area (Å²) in [6.45, 7) is 0.885. The number of rotatable bonds is 2. The smallest absolute Gasteiger partial charge is 0.295 e. The highest BCUT2D eigenvalue weighted by Gasteiger charge is 2.45. The van der Waals surface area contributed by atoms with Crippen LogP contribution in [-0.4, -0.2) is 64.1 Å². The Morgan fingerprint density at radius 1 is 1.23 bits per heavy atom. The highest BCUT2D eigenvalue weighted by molar-refractivity contribution is 6.47. The van der Waals surface area contributed by atoms with Crippen LogP contribution in [0.25, 0.3) is 10.9 Å². The van der Waals surface area contributed by atoms with Gasteiger partial charge in [0.25, 0.3) is 17.6 Å². The molecule has 0 aliphatic carbocycles. The van der Waals surface area contributed by atoms with Crippen molar-refractivity contribution in [3.05, 3.63) is 58.5 Å². The molecule has 2 aliphatic rings. The van der Waals surface area contributed by atoms with Gasteiger partial charge in [0.05, 0.1) is 41.5 Å². The Bertz CT molecular complexity index is 1210. The summed E-state index contributed by atoms with van der Waals surface area (Å²) in [5.41, 5.74) is 1.81. The number of piperazine rings is 1. The molecule has 0 radical (unpaired) electrons. The predicted molar refractivity (Wildman–Crippen MR) is 109 cm³/mol. The number of carbonyl (C=O) groups is 3. The van der Waals surface area contributed by atoms with Gasteiger partial charge in [0, 0.05) is 25.2 Å². The average Bonchev–Trinajstić information content (AvgIpc) is 3.19. The van der Waals surface area contributed by atoms with Gasteiger partial charge in [0.15, 0.2) is 5.15 Å². The zero-order valence-corrected chi connectivity index (χ0v) is 16.8. The molecule has 9 heteroatoms. The van der Waals surface area contributed by atoms with Crippen molar-refractivity contribution in [3.8, 4) is 5.75 Å². The molecule has 0 unspecified atom stereocenters. The minimum Gasteiger partial charge on any atom is -0.494 e. The minimum atomic E-state index is -0.615. The second-order valence-electron chi connectivity index (χ2n) is 7.24. The largest absolute Gasteiger partial charge is 0.494 e. The predicted octanol–water partition coefficient (Wildman–Crippen LogP) is 2.45. The molecule has 2 amide bonds. The highest BCUT2D eigenvalue weighted by atomic mass is 35.5. The van der Waals surface area contributed by atoms with E-state index in [2.05, 4.69) is 9.97 Å². The molecule has 4 heterocycles. The van der Waals surface area contributed by atoms with Gasteiger partial charge in [0.1, 0.15) is 5.75 Å². The molecule has 152 valence electrons. The van der Waals surface area contributed by atoms with Crippen LogP contribution >= 0.6 is 11.6 Å². The molecule has 0 bridgehead atoms. The fraction of sp³-hybridized carbons (Fsp3) is 0.238. The number of fused-ring (bicyclic) bond motifs is 5. The molecule has 3 aromatic rings. The van der Waals surface area contributed by atoms with E-state index in [1.165, 1.54) is 18.2 Å². The number of Topliss-reactive ketones (excluding diaryl/α,β-unsaturated/α-hetero) is 1. The molecule has 2 aromatic heterocycles. The summed E-state index contributed by atoms with van der Waals surface area (Å²) in [7, 11) is 1.46. The third kappa shape index (κ3) is 2.60. The fourth-order valence-electron chi connectivity index (χ4n) is 4.26. The monoisotopic (exact) mass is 424 g/mol. The molecule has 2 aliphatic heterocycles. The molecule has 1 fully saturated rings. The number of methoxy groups -OCH3 is 1. The summed E-state index contributed by atoms with van der Waals surface area (Å²) < 4.78 is 5.36. The lowest BCUT2D eigenvalue weighted by Crippen LogP contribution is -2.56. The van der Waals surface area contributed by atoms with E-state index < -0.39 is 17.7 Å². The molecular formula is C21H17ClN4O4. The first kappa shape index (κ1) is 18.6. The molecule has 0 saturated carbocycles. The summed E-state index contributed by atoms with van der Waals surface area (Å²) in [4.78, 5) is 49.3. The van der Waals surface area contributed by atoms with Crippen LogP contribution in [0.5, 0.6) is 5.75 Å². The van der Waals surface area contributed by atoms with Crippen molar-refractivity contribution in [2.24, 2.45) is 0 Å².